The molecule has 5 nitrogen and oxygen atoms in total. The molecule has 1 unspecified atom stereocenters. The van der Waals surface area contributed by atoms with Gasteiger partial charge in [0.15, 0.2) is 6.10 Å². The zero-order valence-electron chi connectivity index (χ0n) is 8.94. The Morgan fingerprint density at radius 2 is 2.41 bits per heavy atom. The second-order valence-corrected chi connectivity index (χ2v) is 4.16. The molecule has 0 N–H and O–H groups in total. The molecule has 0 saturated carbocycles. The summed E-state index contributed by atoms with van der Waals surface area (Å²) in [5, 5.41) is 9.20. The van der Waals surface area contributed by atoms with E-state index in [9.17, 15) is 0 Å². The highest BCUT2D eigenvalue weighted by Gasteiger charge is 2.23. The first kappa shape index (κ1) is 12.4. The largest absolute Gasteiger partial charge is 0.360 e. The lowest BCUT2D eigenvalue weighted by Gasteiger charge is -2.31. The molecule has 2 heterocycles. The van der Waals surface area contributed by atoms with E-state index in [0.717, 1.165) is 0 Å². The van der Waals surface area contributed by atoms with Crippen LogP contribution in [-0.4, -0.2) is 35.8 Å². The standard InChI is InChI=1S/C10H10Cl2N4O/c11-3-8-9(12)14-6-15-10(8)16-1-2-17-7(4-13)5-16/h6-7H,1-3,5H2. The fourth-order valence-corrected chi connectivity index (χ4v) is 2.20. The molecule has 1 aliphatic rings. The summed E-state index contributed by atoms with van der Waals surface area (Å²) >= 11 is 11.8. The van der Waals surface area contributed by atoms with E-state index in [2.05, 4.69) is 16.0 Å². The Kier molecular flexibility index (Phi) is 4.00. The molecular formula is C10H10Cl2N4O. The van der Waals surface area contributed by atoms with Crippen molar-refractivity contribution in [2.45, 2.75) is 12.0 Å². The number of halogens is 2. The van der Waals surface area contributed by atoms with E-state index in [1.807, 2.05) is 4.90 Å². The van der Waals surface area contributed by atoms with Gasteiger partial charge in [0.05, 0.1) is 25.1 Å². The van der Waals surface area contributed by atoms with Gasteiger partial charge in [0.25, 0.3) is 0 Å². The number of anilines is 1. The minimum Gasteiger partial charge on any atom is -0.360 e. The third-order valence-corrected chi connectivity index (χ3v) is 3.11. The normalized spacial score (nSPS) is 20.1. The molecule has 2 rings (SSSR count). The molecule has 1 fully saturated rings. The fourth-order valence-electron chi connectivity index (χ4n) is 1.69. The van der Waals surface area contributed by atoms with Crippen molar-refractivity contribution < 1.29 is 4.74 Å². The molecule has 7 heteroatoms. The number of hydrogen-bond donors (Lipinski definition) is 0. The first-order chi connectivity index (χ1) is 8.26. The van der Waals surface area contributed by atoms with E-state index in [4.69, 9.17) is 33.2 Å². The van der Waals surface area contributed by atoms with Gasteiger partial charge in [-0.2, -0.15) is 5.26 Å². The predicted molar refractivity (Wildman–Crippen MR) is 64.2 cm³/mol. The lowest BCUT2D eigenvalue weighted by Crippen LogP contribution is -2.42. The van der Waals surface area contributed by atoms with Crippen molar-refractivity contribution in [2.75, 3.05) is 24.6 Å². The summed E-state index contributed by atoms with van der Waals surface area (Å²) in [7, 11) is 0. The first-order valence-corrected chi connectivity index (χ1v) is 5.99. The van der Waals surface area contributed by atoms with Gasteiger partial charge in [-0.15, -0.1) is 11.6 Å². The number of rotatable bonds is 2. The van der Waals surface area contributed by atoms with E-state index >= 15 is 0 Å². The van der Waals surface area contributed by atoms with Crippen LogP contribution in [0, 0.1) is 11.3 Å². The van der Waals surface area contributed by atoms with Gasteiger partial charge in [-0.3, -0.25) is 0 Å². The molecule has 0 aromatic carbocycles. The second kappa shape index (κ2) is 5.50. The van der Waals surface area contributed by atoms with Crippen molar-refractivity contribution in [1.82, 2.24) is 9.97 Å². The monoisotopic (exact) mass is 272 g/mol. The summed E-state index contributed by atoms with van der Waals surface area (Å²) in [6.07, 6.45) is 0.950. The number of morpholine rings is 1. The maximum atomic E-state index is 8.85. The van der Waals surface area contributed by atoms with Crippen molar-refractivity contribution in [3.63, 3.8) is 0 Å². The van der Waals surface area contributed by atoms with Gasteiger partial charge in [0.2, 0.25) is 0 Å². The minimum atomic E-state index is -0.444. The molecular weight excluding hydrogens is 263 g/mol. The van der Waals surface area contributed by atoms with Crippen LogP contribution in [0.25, 0.3) is 0 Å². The Hall–Kier alpha value is -1.09. The molecule has 0 amide bonds. The minimum absolute atomic E-state index is 0.240. The van der Waals surface area contributed by atoms with Crippen molar-refractivity contribution in [1.29, 1.82) is 5.26 Å². The number of nitrogens with zero attached hydrogens (tertiary/aromatic N) is 4. The van der Waals surface area contributed by atoms with E-state index in [1.54, 1.807) is 0 Å². The second-order valence-electron chi connectivity index (χ2n) is 3.53. The Morgan fingerprint density at radius 3 is 3.12 bits per heavy atom. The Labute approximate surface area is 109 Å². The van der Waals surface area contributed by atoms with Crippen LogP contribution in [-0.2, 0) is 10.6 Å². The molecule has 1 atom stereocenters. The number of aromatic nitrogens is 2. The molecule has 0 aliphatic carbocycles. The van der Waals surface area contributed by atoms with Crippen molar-refractivity contribution >= 4 is 29.0 Å². The zero-order chi connectivity index (χ0) is 12.3. The summed E-state index contributed by atoms with van der Waals surface area (Å²) in [6, 6.07) is 2.08. The third-order valence-electron chi connectivity index (χ3n) is 2.51. The smallest absolute Gasteiger partial charge is 0.161 e. The summed E-state index contributed by atoms with van der Waals surface area (Å²) in [6.45, 7) is 1.62. The quantitative estimate of drug-likeness (QED) is 0.605. The maximum Gasteiger partial charge on any atom is 0.161 e. The maximum absolute atomic E-state index is 8.85. The van der Waals surface area contributed by atoms with Crippen LogP contribution < -0.4 is 4.90 Å². The van der Waals surface area contributed by atoms with Crippen molar-refractivity contribution in [2.24, 2.45) is 0 Å². The number of alkyl halides is 1. The van der Waals surface area contributed by atoms with Crippen LogP contribution in [0.4, 0.5) is 5.82 Å². The molecule has 0 radical (unpaired) electrons. The SMILES string of the molecule is N#CC1CN(c2ncnc(Cl)c2CCl)CCO1. The van der Waals surface area contributed by atoms with Crippen LogP contribution >= 0.6 is 23.2 Å². The van der Waals surface area contributed by atoms with Gasteiger partial charge in [0, 0.05) is 12.1 Å². The van der Waals surface area contributed by atoms with Crippen LogP contribution in [0.5, 0.6) is 0 Å². The van der Waals surface area contributed by atoms with E-state index in [0.29, 0.717) is 36.2 Å². The molecule has 0 spiro atoms. The molecule has 1 saturated heterocycles. The highest BCUT2D eigenvalue weighted by atomic mass is 35.5. The van der Waals surface area contributed by atoms with Crippen molar-refractivity contribution in [3.8, 4) is 6.07 Å². The van der Waals surface area contributed by atoms with Gasteiger partial charge in [-0.05, 0) is 0 Å². The van der Waals surface area contributed by atoms with Crippen LogP contribution in [0.15, 0.2) is 6.33 Å². The highest BCUT2D eigenvalue weighted by Crippen LogP contribution is 2.26. The Morgan fingerprint density at radius 1 is 1.59 bits per heavy atom. The van der Waals surface area contributed by atoms with Gasteiger partial charge >= 0.3 is 0 Å². The Bertz CT molecular complexity index is 448. The predicted octanol–water partition coefficient (Wildman–Crippen LogP) is 1.60. The van der Waals surface area contributed by atoms with E-state index < -0.39 is 6.10 Å². The Balaban J connectivity index is 2.28. The average molecular weight is 273 g/mol. The fraction of sp³-hybridized carbons (Fsp3) is 0.500. The topological polar surface area (TPSA) is 62.0 Å². The number of hydrogen-bond acceptors (Lipinski definition) is 5. The lowest BCUT2D eigenvalue weighted by atomic mass is 10.2. The molecule has 90 valence electrons. The molecule has 0 bridgehead atoms. The van der Waals surface area contributed by atoms with E-state index in [-0.39, 0.29) is 5.88 Å². The van der Waals surface area contributed by atoms with Gasteiger partial charge in [-0.1, -0.05) is 11.6 Å². The highest BCUT2D eigenvalue weighted by molar-refractivity contribution is 6.31. The van der Waals surface area contributed by atoms with Crippen LogP contribution in [0.1, 0.15) is 5.56 Å². The van der Waals surface area contributed by atoms with Gasteiger partial charge in [0.1, 0.15) is 17.3 Å². The molecule has 1 aromatic rings. The summed E-state index contributed by atoms with van der Waals surface area (Å²) < 4.78 is 5.27. The van der Waals surface area contributed by atoms with Gasteiger partial charge < -0.3 is 9.64 Å². The summed E-state index contributed by atoms with van der Waals surface area (Å²) in [5.74, 6) is 0.924. The molecule has 17 heavy (non-hydrogen) atoms. The van der Waals surface area contributed by atoms with Crippen molar-refractivity contribution in [3.05, 3.63) is 17.0 Å². The third kappa shape index (κ3) is 2.60. The number of nitriles is 1. The zero-order valence-corrected chi connectivity index (χ0v) is 10.4. The number of ether oxygens (including phenoxy) is 1. The lowest BCUT2D eigenvalue weighted by molar-refractivity contribution is 0.0761. The first-order valence-electron chi connectivity index (χ1n) is 5.07. The van der Waals surface area contributed by atoms with Crippen LogP contribution in [0.3, 0.4) is 0 Å². The summed E-state index contributed by atoms with van der Waals surface area (Å²) in [5.41, 5.74) is 0.689. The van der Waals surface area contributed by atoms with Gasteiger partial charge in [-0.25, -0.2) is 9.97 Å². The molecule has 1 aliphatic heterocycles. The molecule has 1 aromatic heterocycles. The van der Waals surface area contributed by atoms with Crippen LogP contribution in [0.2, 0.25) is 5.15 Å². The van der Waals surface area contributed by atoms with E-state index in [1.165, 1.54) is 6.33 Å². The summed E-state index contributed by atoms with van der Waals surface area (Å²) in [4.78, 5) is 10.0. The average Bonchev–Trinajstić information content (AvgIpc) is 2.38.